The minimum Gasteiger partial charge on any atom is -0.416 e. The van der Waals surface area contributed by atoms with Crippen LogP contribution in [0.1, 0.15) is 5.56 Å². The van der Waals surface area contributed by atoms with Crippen molar-refractivity contribution in [2.45, 2.75) is 5.75 Å². The number of anilines is 1. The van der Waals surface area contributed by atoms with Crippen LogP contribution in [0.5, 0.6) is 0 Å². The van der Waals surface area contributed by atoms with Crippen molar-refractivity contribution in [3.05, 3.63) is 89.4 Å². The van der Waals surface area contributed by atoms with Crippen LogP contribution < -0.4 is 5.32 Å². The Morgan fingerprint density at radius 1 is 0.900 bits per heavy atom. The number of hydrogen-bond acceptors (Lipinski definition) is 5. The molecule has 1 amide bonds. The normalized spacial score (nSPS) is 10.7. The maximum absolute atomic E-state index is 12.3. The lowest BCUT2D eigenvalue weighted by molar-refractivity contribution is -0.113. The molecule has 30 heavy (non-hydrogen) atoms. The molecule has 1 heterocycles. The summed E-state index contributed by atoms with van der Waals surface area (Å²) in [4.78, 5) is 12.3. The van der Waals surface area contributed by atoms with Crippen LogP contribution in [0.3, 0.4) is 0 Å². The van der Waals surface area contributed by atoms with Crippen molar-refractivity contribution in [3.63, 3.8) is 0 Å². The van der Waals surface area contributed by atoms with Gasteiger partial charge in [-0.05, 0) is 48.0 Å². The Bertz CT molecular complexity index is 1150. The third kappa shape index (κ3) is 5.28. The zero-order valence-electron chi connectivity index (χ0n) is 15.9. The van der Waals surface area contributed by atoms with Crippen molar-refractivity contribution in [2.24, 2.45) is 0 Å². The molecule has 4 rings (SSSR count). The van der Waals surface area contributed by atoms with Crippen LogP contribution in [-0.2, 0) is 10.5 Å². The minimum atomic E-state index is -0.0744. The first-order valence-electron chi connectivity index (χ1n) is 9.29. The van der Waals surface area contributed by atoms with Gasteiger partial charge in [0, 0.05) is 27.6 Å². The molecule has 1 aromatic heterocycles. The van der Waals surface area contributed by atoms with Gasteiger partial charge in [0.2, 0.25) is 17.7 Å². The van der Waals surface area contributed by atoms with E-state index in [2.05, 4.69) is 15.5 Å². The molecule has 0 bridgehead atoms. The summed E-state index contributed by atoms with van der Waals surface area (Å²) >= 11 is 7.52. The van der Waals surface area contributed by atoms with Crippen molar-refractivity contribution in [3.8, 4) is 22.9 Å². The van der Waals surface area contributed by atoms with E-state index >= 15 is 0 Å². The number of aromatic nitrogens is 2. The molecule has 150 valence electrons. The summed E-state index contributed by atoms with van der Waals surface area (Å²) in [6.45, 7) is 0. The van der Waals surface area contributed by atoms with E-state index in [0.717, 1.165) is 22.4 Å². The van der Waals surface area contributed by atoms with Gasteiger partial charge in [0.1, 0.15) is 0 Å². The zero-order valence-corrected chi connectivity index (χ0v) is 17.5. The van der Waals surface area contributed by atoms with Crippen molar-refractivity contribution in [1.29, 1.82) is 0 Å². The van der Waals surface area contributed by atoms with Crippen molar-refractivity contribution < 1.29 is 9.21 Å². The number of rotatable bonds is 7. The summed E-state index contributed by atoms with van der Waals surface area (Å²) < 4.78 is 5.79. The Hall–Kier alpha value is -3.09. The van der Waals surface area contributed by atoms with Gasteiger partial charge in [-0.1, -0.05) is 48.0 Å². The van der Waals surface area contributed by atoms with E-state index < -0.39 is 0 Å². The average molecular weight is 436 g/mol. The lowest BCUT2D eigenvalue weighted by Gasteiger charge is -2.06. The molecule has 3 aromatic carbocycles. The Labute approximate surface area is 183 Å². The molecule has 0 aliphatic heterocycles. The fourth-order valence-electron chi connectivity index (χ4n) is 2.85. The number of halogens is 1. The van der Waals surface area contributed by atoms with Gasteiger partial charge in [-0.15, -0.1) is 22.0 Å². The Morgan fingerprint density at radius 3 is 2.43 bits per heavy atom. The predicted octanol–water partition coefficient (Wildman–Crippen LogP) is 5.93. The number of carbonyl (C=O) groups is 1. The Morgan fingerprint density at radius 2 is 1.63 bits per heavy atom. The lowest BCUT2D eigenvalue weighted by Crippen LogP contribution is -2.14. The summed E-state index contributed by atoms with van der Waals surface area (Å²) in [5.74, 6) is 1.85. The second-order valence-electron chi connectivity index (χ2n) is 6.53. The maximum Gasteiger partial charge on any atom is 0.248 e. The number of thioether (sulfide) groups is 1. The highest BCUT2D eigenvalue weighted by Gasteiger charge is 2.11. The highest BCUT2D eigenvalue weighted by molar-refractivity contribution is 7.99. The summed E-state index contributed by atoms with van der Waals surface area (Å²) in [7, 11) is 0. The SMILES string of the molecule is O=C(CSCc1cccc(Cl)c1)Nc1cccc(-c2nnc(-c3ccccc3)o2)c1. The summed E-state index contributed by atoms with van der Waals surface area (Å²) in [5.41, 5.74) is 3.37. The molecule has 0 spiro atoms. The van der Waals surface area contributed by atoms with Gasteiger partial charge in [0.15, 0.2) is 0 Å². The molecule has 0 saturated heterocycles. The van der Waals surface area contributed by atoms with Gasteiger partial charge in [0.25, 0.3) is 0 Å². The molecule has 0 atom stereocenters. The third-order valence-electron chi connectivity index (χ3n) is 4.23. The van der Waals surface area contributed by atoms with Crippen LogP contribution in [0, 0.1) is 0 Å². The molecule has 0 aliphatic rings. The molecule has 4 aromatic rings. The smallest absolute Gasteiger partial charge is 0.248 e. The van der Waals surface area contributed by atoms with Gasteiger partial charge >= 0.3 is 0 Å². The van der Waals surface area contributed by atoms with E-state index in [1.165, 1.54) is 11.8 Å². The second-order valence-corrected chi connectivity index (χ2v) is 7.95. The molecular formula is C23H18ClN3O2S. The molecule has 5 nitrogen and oxygen atoms in total. The number of amides is 1. The van der Waals surface area contributed by atoms with Gasteiger partial charge in [0.05, 0.1) is 5.75 Å². The van der Waals surface area contributed by atoms with Crippen LogP contribution in [-0.4, -0.2) is 21.9 Å². The minimum absolute atomic E-state index is 0.0744. The van der Waals surface area contributed by atoms with Crippen LogP contribution >= 0.6 is 23.4 Å². The van der Waals surface area contributed by atoms with Gasteiger partial charge in [-0.3, -0.25) is 4.79 Å². The zero-order chi connectivity index (χ0) is 20.8. The molecule has 0 saturated carbocycles. The number of hydrogen-bond donors (Lipinski definition) is 1. The molecule has 0 aliphatic carbocycles. The molecule has 0 fully saturated rings. The van der Waals surface area contributed by atoms with Crippen molar-refractivity contribution >= 4 is 35.0 Å². The highest BCUT2D eigenvalue weighted by atomic mass is 35.5. The molecule has 0 radical (unpaired) electrons. The van der Waals surface area contributed by atoms with Crippen molar-refractivity contribution in [1.82, 2.24) is 10.2 Å². The summed E-state index contributed by atoms with van der Waals surface area (Å²) in [5, 5.41) is 11.9. The second kappa shape index (κ2) is 9.61. The van der Waals surface area contributed by atoms with Crippen LogP contribution in [0.15, 0.2) is 83.3 Å². The van der Waals surface area contributed by atoms with Crippen LogP contribution in [0.25, 0.3) is 22.9 Å². The van der Waals surface area contributed by atoms with Gasteiger partial charge in [-0.2, -0.15) is 0 Å². The van der Waals surface area contributed by atoms with E-state index in [1.807, 2.05) is 78.9 Å². The molecule has 1 N–H and O–H groups in total. The standard InChI is InChI=1S/C23H18ClN3O2S/c24-19-10-4-6-16(12-19)14-30-15-21(28)25-20-11-5-9-18(13-20)23-27-26-22(29-23)17-7-2-1-3-8-17/h1-13H,14-15H2,(H,25,28). The van der Waals surface area contributed by atoms with Crippen LogP contribution in [0.2, 0.25) is 5.02 Å². The fraction of sp³-hybridized carbons (Fsp3) is 0.0870. The van der Waals surface area contributed by atoms with E-state index in [4.69, 9.17) is 16.0 Å². The molecule has 0 unspecified atom stereocenters. The first kappa shape index (κ1) is 20.2. The third-order valence-corrected chi connectivity index (χ3v) is 5.47. The summed E-state index contributed by atoms with van der Waals surface area (Å²) in [6, 6.07) is 24.6. The topological polar surface area (TPSA) is 68.0 Å². The summed E-state index contributed by atoms with van der Waals surface area (Å²) in [6.07, 6.45) is 0. The number of nitrogens with zero attached hydrogens (tertiary/aromatic N) is 2. The highest BCUT2D eigenvalue weighted by Crippen LogP contribution is 2.25. The number of carbonyl (C=O) groups excluding carboxylic acids is 1. The Kier molecular flexibility index (Phi) is 6.47. The predicted molar refractivity (Wildman–Crippen MR) is 121 cm³/mol. The van der Waals surface area contributed by atoms with Crippen molar-refractivity contribution in [2.75, 3.05) is 11.1 Å². The quantitative estimate of drug-likeness (QED) is 0.389. The lowest BCUT2D eigenvalue weighted by atomic mass is 10.2. The first-order valence-corrected chi connectivity index (χ1v) is 10.8. The largest absolute Gasteiger partial charge is 0.416 e. The Balaban J connectivity index is 1.36. The molecule has 7 heteroatoms. The fourth-order valence-corrected chi connectivity index (χ4v) is 3.84. The average Bonchev–Trinajstić information content (AvgIpc) is 3.25. The van der Waals surface area contributed by atoms with Gasteiger partial charge in [-0.25, -0.2) is 0 Å². The van der Waals surface area contributed by atoms with E-state index in [-0.39, 0.29) is 5.91 Å². The first-order chi connectivity index (χ1) is 14.7. The number of nitrogens with one attached hydrogen (secondary N) is 1. The van der Waals surface area contributed by atoms with Crippen LogP contribution in [0.4, 0.5) is 5.69 Å². The van der Waals surface area contributed by atoms with E-state index in [0.29, 0.717) is 28.2 Å². The van der Waals surface area contributed by atoms with Gasteiger partial charge < -0.3 is 9.73 Å². The van der Waals surface area contributed by atoms with E-state index in [9.17, 15) is 4.79 Å². The number of benzene rings is 3. The maximum atomic E-state index is 12.3. The monoisotopic (exact) mass is 435 g/mol. The van der Waals surface area contributed by atoms with E-state index in [1.54, 1.807) is 0 Å². The molecular weight excluding hydrogens is 418 g/mol.